The molecule has 2 aromatic rings. The molecule has 1 aliphatic rings. The predicted molar refractivity (Wildman–Crippen MR) is 120 cm³/mol. The van der Waals surface area contributed by atoms with E-state index in [1.165, 1.54) is 11.1 Å². The fraction of sp³-hybridized carbons (Fsp3) is 0.440. The summed E-state index contributed by atoms with van der Waals surface area (Å²) >= 11 is 0. The van der Waals surface area contributed by atoms with Gasteiger partial charge in [-0.05, 0) is 63.6 Å². The maximum absolute atomic E-state index is 12.4. The highest BCUT2D eigenvalue weighted by Gasteiger charge is 2.28. The maximum atomic E-state index is 12.4. The average molecular weight is 409 g/mol. The molecule has 1 saturated heterocycles. The summed E-state index contributed by atoms with van der Waals surface area (Å²) in [6, 6.07) is 16.2. The molecule has 1 heterocycles. The van der Waals surface area contributed by atoms with Gasteiger partial charge in [0, 0.05) is 30.9 Å². The van der Waals surface area contributed by atoms with Gasteiger partial charge in [-0.15, -0.1) is 0 Å². The van der Waals surface area contributed by atoms with Crippen LogP contribution in [-0.4, -0.2) is 35.5 Å². The van der Waals surface area contributed by atoms with Gasteiger partial charge in [0.15, 0.2) is 5.78 Å². The van der Waals surface area contributed by atoms with Gasteiger partial charge in [-0.1, -0.05) is 42.5 Å². The van der Waals surface area contributed by atoms with Crippen molar-refractivity contribution in [2.45, 2.75) is 58.6 Å². The molecule has 2 aromatic carbocycles. The van der Waals surface area contributed by atoms with Crippen LogP contribution in [0.2, 0.25) is 0 Å². The first-order chi connectivity index (χ1) is 14.2. The van der Waals surface area contributed by atoms with Crippen molar-refractivity contribution in [3.05, 3.63) is 65.2 Å². The largest absolute Gasteiger partial charge is 0.444 e. The molecular formula is C25H32N2O3. The standard InChI is InChI=1S/C25H32N2O3/c1-18(28)21-10-11-22(23(16-21)26-17-19-8-6-5-7-9-19)20-12-14-27(15-13-20)24(29)30-25(2,3)4/h5-11,16,20,26H,12-15,17H2,1-4H3. The van der Waals surface area contributed by atoms with Crippen molar-refractivity contribution < 1.29 is 14.3 Å². The van der Waals surface area contributed by atoms with E-state index in [-0.39, 0.29) is 11.9 Å². The molecule has 0 bridgehead atoms. The Hall–Kier alpha value is -2.82. The summed E-state index contributed by atoms with van der Waals surface area (Å²) in [5.41, 5.74) is 3.63. The fourth-order valence-corrected chi connectivity index (χ4v) is 3.78. The molecule has 3 rings (SSSR count). The van der Waals surface area contributed by atoms with Crippen molar-refractivity contribution in [1.82, 2.24) is 4.90 Å². The lowest BCUT2D eigenvalue weighted by Crippen LogP contribution is -2.41. The number of nitrogens with zero attached hydrogens (tertiary/aromatic N) is 1. The highest BCUT2D eigenvalue weighted by Crippen LogP contribution is 2.34. The summed E-state index contributed by atoms with van der Waals surface area (Å²) in [6.45, 7) is 9.30. The number of anilines is 1. The number of piperidine rings is 1. The van der Waals surface area contributed by atoms with Gasteiger partial charge in [-0.3, -0.25) is 4.79 Å². The minimum absolute atomic E-state index is 0.0593. The van der Waals surface area contributed by atoms with E-state index < -0.39 is 5.60 Å². The molecule has 1 N–H and O–H groups in total. The number of hydrogen-bond donors (Lipinski definition) is 1. The number of ether oxygens (including phenoxy) is 1. The maximum Gasteiger partial charge on any atom is 0.410 e. The normalized spacial score (nSPS) is 15.0. The summed E-state index contributed by atoms with van der Waals surface area (Å²) in [5.74, 6) is 0.395. The second-order valence-corrected chi connectivity index (χ2v) is 8.94. The zero-order chi connectivity index (χ0) is 21.7. The first-order valence-corrected chi connectivity index (χ1v) is 10.6. The summed E-state index contributed by atoms with van der Waals surface area (Å²) in [7, 11) is 0. The number of hydrogen-bond acceptors (Lipinski definition) is 4. The van der Waals surface area contributed by atoms with E-state index in [2.05, 4.69) is 23.5 Å². The molecule has 1 fully saturated rings. The van der Waals surface area contributed by atoms with Gasteiger partial charge in [0.2, 0.25) is 0 Å². The third kappa shape index (κ3) is 5.85. The van der Waals surface area contributed by atoms with Crippen LogP contribution < -0.4 is 5.32 Å². The minimum Gasteiger partial charge on any atom is -0.444 e. The minimum atomic E-state index is -0.481. The Morgan fingerprint density at radius 2 is 1.73 bits per heavy atom. The third-order valence-corrected chi connectivity index (χ3v) is 5.37. The number of likely N-dealkylation sites (tertiary alicyclic amines) is 1. The van der Waals surface area contributed by atoms with Gasteiger partial charge in [-0.25, -0.2) is 4.79 Å². The van der Waals surface area contributed by atoms with E-state index in [0.717, 1.165) is 18.5 Å². The topological polar surface area (TPSA) is 58.6 Å². The van der Waals surface area contributed by atoms with E-state index in [4.69, 9.17) is 4.74 Å². The molecule has 0 saturated carbocycles. The molecular weight excluding hydrogens is 376 g/mol. The lowest BCUT2D eigenvalue weighted by atomic mass is 9.87. The Morgan fingerprint density at radius 3 is 2.33 bits per heavy atom. The molecule has 1 amide bonds. The number of amides is 1. The third-order valence-electron chi connectivity index (χ3n) is 5.37. The molecule has 5 heteroatoms. The Bertz CT molecular complexity index is 879. The van der Waals surface area contributed by atoms with Crippen molar-refractivity contribution >= 4 is 17.6 Å². The molecule has 0 unspecified atom stereocenters. The fourth-order valence-electron chi connectivity index (χ4n) is 3.78. The van der Waals surface area contributed by atoms with Crippen LogP contribution in [0.15, 0.2) is 48.5 Å². The van der Waals surface area contributed by atoms with Gasteiger partial charge in [-0.2, -0.15) is 0 Å². The van der Waals surface area contributed by atoms with Crippen molar-refractivity contribution in [1.29, 1.82) is 0 Å². The highest BCUT2D eigenvalue weighted by molar-refractivity contribution is 5.95. The Labute approximate surface area is 179 Å². The Kier molecular flexibility index (Phi) is 6.80. The van der Waals surface area contributed by atoms with Crippen molar-refractivity contribution in [3.8, 4) is 0 Å². The molecule has 0 spiro atoms. The van der Waals surface area contributed by atoms with E-state index in [1.54, 1.807) is 11.8 Å². The second kappa shape index (κ2) is 9.33. The zero-order valence-corrected chi connectivity index (χ0v) is 18.4. The van der Waals surface area contributed by atoms with Crippen LogP contribution in [-0.2, 0) is 11.3 Å². The molecule has 0 atom stereocenters. The monoisotopic (exact) mass is 408 g/mol. The molecule has 1 aliphatic heterocycles. The number of rotatable bonds is 5. The smallest absolute Gasteiger partial charge is 0.410 e. The SMILES string of the molecule is CC(=O)c1ccc(C2CCN(C(=O)OC(C)(C)C)CC2)c(NCc2ccccc2)c1. The first-order valence-electron chi connectivity index (χ1n) is 10.6. The van der Waals surface area contributed by atoms with E-state index in [1.807, 2.05) is 51.1 Å². The molecule has 0 radical (unpaired) electrons. The number of Topliss-reactive ketones (excluding diaryl/α,β-unsaturated/α-hetero) is 1. The number of nitrogens with one attached hydrogen (secondary N) is 1. The van der Waals surface area contributed by atoms with Crippen LogP contribution in [0, 0.1) is 0 Å². The summed E-state index contributed by atoms with van der Waals surface area (Å²) < 4.78 is 5.51. The second-order valence-electron chi connectivity index (χ2n) is 8.94. The zero-order valence-electron chi connectivity index (χ0n) is 18.4. The lowest BCUT2D eigenvalue weighted by Gasteiger charge is -2.34. The number of carbonyl (C=O) groups excluding carboxylic acids is 2. The number of ketones is 1. The van der Waals surface area contributed by atoms with Gasteiger partial charge in [0.05, 0.1) is 0 Å². The number of carbonyl (C=O) groups is 2. The van der Waals surface area contributed by atoms with E-state index in [0.29, 0.717) is 31.1 Å². The van der Waals surface area contributed by atoms with Gasteiger partial charge >= 0.3 is 6.09 Å². The van der Waals surface area contributed by atoms with Gasteiger partial charge in [0.25, 0.3) is 0 Å². The average Bonchev–Trinajstić information content (AvgIpc) is 2.71. The van der Waals surface area contributed by atoms with Crippen molar-refractivity contribution in [2.75, 3.05) is 18.4 Å². The van der Waals surface area contributed by atoms with Crippen LogP contribution in [0.1, 0.15) is 67.9 Å². The van der Waals surface area contributed by atoms with Crippen LogP contribution in [0.4, 0.5) is 10.5 Å². The van der Waals surface area contributed by atoms with Crippen LogP contribution >= 0.6 is 0 Å². The summed E-state index contributed by atoms with van der Waals surface area (Å²) in [4.78, 5) is 26.1. The molecule has 160 valence electrons. The predicted octanol–water partition coefficient (Wildman–Crippen LogP) is 5.62. The van der Waals surface area contributed by atoms with Crippen LogP contribution in [0.25, 0.3) is 0 Å². The Morgan fingerprint density at radius 1 is 1.07 bits per heavy atom. The van der Waals surface area contributed by atoms with Gasteiger partial charge < -0.3 is 15.0 Å². The molecule has 0 aliphatic carbocycles. The molecule has 30 heavy (non-hydrogen) atoms. The Balaban J connectivity index is 1.72. The molecule has 5 nitrogen and oxygen atoms in total. The van der Waals surface area contributed by atoms with E-state index in [9.17, 15) is 9.59 Å². The first kappa shape index (κ1) is 21.9. The van der Waals surface area contributed by atoms with Crippen molar-refractivity contribution in [2.24, 2.45) is 0 Å². The van der Waals surface area contributed by atoms with Crippen LogP contribution in [0.3, 0.4) is 0 Å². The lowest BCUT2D eigenvalue weighted by molar-refractivity contribution is 0.0205. The van der Waals surface area contributed by atoms with Gasteiger partial charge in [0.1, 0.15) is 5.60 Å². The van der Waals surface area contributed by atoms with E-state index >= 15 is 0 Å². The van der Waals surface area contributed by atoms with Crippen molar-refractivity contribution in [3.63, 3.8) is 0 Å². The number of benzene rings is 2. The van der Waals surface area contributed by atoms with Crippen LogP contribution in [0.5, 0.6) is 0 Å². The quantitative estimate of drug-likeness (QED) is 0.653. The molecule has 0 aromatic heterocycles. The highest BCUT2D eigenvalue weighted by atomic mass is 16.6. The summed E-state index contributed by atoms with van der Waals surface area (Å²) in [6.07, 6.45) is 1.51. The summed E-state index contributed by atoms with van der Waals surface area (Å²) in [5, 5.41) is 3.53.